The van der Waals surface area contributed by atoms with E-state index < -0.39 is 23.9 Å². The number of hydrogen-bond acceptors (Lipinski definition) is 8. The summed E-state index contributed by atoms with van der Waals surface area (Å²) in [5.41, 5.74) is 0.709. The van der Waals surface area contributed by atoms with Gasteiger partial charge in [0.1, 0.15) is 17.7 Å². The molecule has 8 atom stereocenters. The second-order valence-corrected chi connectivity index (χ2v) is 12.2. The molecule has 7 rings (SSSR count). The summed E-state index contributed by atoms with van der Waals surface area (Å²) in [6, 6.07) is 14.2. The average molecular weight is 578 g/mol. The summed E-state index contributed by atoms with van der Waals surface area (Å²) in [6.45, 7) is 6.06. The van der Waals surface area contributed by atoms with Crippen LogP contribution in [-0.4, -0.2) is 49.3 Å². The Morgan fingerprint density at radius 1 is 1.02 bits per heavy atom. The Kier molecular flexibility index (Phi) is 7.87. The average Bonchev–Trinajstić information content (AvgIpc) is 3.23. The molecule has 2 bridgehead atoms. The lowest BCUT2D eigenvalue weighted by atomic mass is 9.58. The highest BCUT2D eigenvalue weighted by Crippen LogP contribution is 2.60. The topological polar surface area (TPSA) is 102 Å². The standard InChI is InChI=1S/C33H39NO8/c1-20-8-14-27-21(2)30(39-31-33(27)26(20)16-17-32(3,40-31)41-42-33)34-29(36)19-38-24-12-10-23(11-13-24)28(35)15-9-22-6-5-7-25(18-22)37-4/h5-7,9-13,15,18,20-21,26-27,30-31H,8,14,16-17,19H2,1-4H3,(H,34,36)/b15-9-/t20-,21-,26+,27+,30-,31-,32+,33-/m1/s1. The van der Waals surface area contributed by atoms with Gasteiger partial charge < -0.3 is 24.3 Å². The molecule has 4 aliphatic heterocycles. The molecule has 0 radical (unpaired) electrons. The first-order valence-electron chi connectivity index (χ1n) is 14.8. The van der Waals surface area contributed by atoms with Gasteiger partial charge in [0.2, 0.25) is 5.79 Å². The molecule has 4 heterocycles. The van der Waals surface area contributed by atoms with E-state index in [9.17, 15) is 9.59 Å². The molecule has 0 aromatic heterocycles. The number of rotatable bonds is 8. The lowest BCUT2D eigenvalue weighted by molar-refractivity contribution is -0.571. The van der Waals surface area contributed by atoms with Crippen molar-refractivity contribution in [2.24, 2.45) is 23.7 Å². The molecule has 224 valence electrons. The van der Waals surface area contributed by atoms with Gasteiger partial charge in [0.25, 0.3) is 5.91 Å². The number of nitrogens with one attached hydrogen (secondary N) is 1. The van der Waals surface area contributed by atoms with Crippen LogP contribution in [-0.2, 0) is 24.0 Å². The Labute approximate surface area is 246 Å². The van der Waals surface area contributed by atoms with Gasteiger partial charge in [-0.15, -0.1) is 0 Å². The van der Waals surface area contributed by atoms with E-state index >= 15 is 0 Å². The van der Waals surface area contributed by atoms with Gasteiger partial charge >= 0.3 is 0 Å². The molecule has 2 aromatic carbocycles. The van der Waals surface area contributed by atoms with Gasteiger partial charge in [0.15, 0.2) is 24.3 Å². The van der Waals surface area contributed by atoms with Crippen molar-refractivity contribution < 1.29 is 38.3 Å². The summed E-state index contributed by atoms with van der Waals surface area (Å²) < 4.78 is 23.7. The third-order valence-corrected chi connectivity index (χ3v) is 9.49. The monoisotopic (exact) mass is 577 g/mol. The number of ketones is 1. The van der Waals surface area contributed by atoms with Crippen molar-refractivity contribution in [1.29, 1.82) is 0 Å². The normalized spacial score (nSPS) is 35.2. The zero-order valence-electron chi connectivity index (χ0n) is 24.5. The lowest BCUT2D eigenvalue weighted by Gasteiger charge is -2.60. The van der Waals surface area contributed by atoms with Crippen LogP contribution in [0.4, 0.5) is 0 Å². The van der Waals surface area contributed by atoms with Crippen LogP contribution in [0.1, 0.15) is 62.4 Å². The van der Waals surface area contributed by atoms with Crippen LogP contribution < -0.4 is 14.8 Å². The summed E-state index contributed by atoms with van der Waals surface area (Å²) >= 11 is 0. The number of allylic oxidation sites excluding steroid dienone is 1. The first-order chi connectivity index (χ1) is 20.2. The number of carbonyl (C=O) groups is 2. The van der Waals surface area contributed by atoms with Crippen molar-refractivity contribution in [2.75, 3.05) is 13.7 Å². The van der Waals surface area contributed by atoms with E-state index in [4.69, 9.17) is 28.7 Å². The summed E-state index contributed by atoms with van der Waals surface area (Å²) in [6.07, 6.45) is 5.82. The van der Waals surface area contributed by atoms with Gasteiger partial charge in [-0.05, 0) is 86.1 Å². The largest absolute Gasteiger partial charge is 0.497 e. The molecule has 2 aromatic rings. The minimum atomic E-state index is -0.867. The van der Waals surface area contributed by atoms with Crippen molar-refractivity contribution >= 4 is 17.8 Å². The van der Waals surface area contributed by atoms with Gasteiger partial charge in [-0.25, -0.2) is 9.78 Å². The zero-order chi connectivity index (χ0) is 29.5. The van der Waals surface area contributed by atoms with E-state index in [1.807, 2.05) is 31.2 Å². The van der Waals surface area contributed by atoms with Crippen molar-refractivity contribution in [3.05, 3.63) is 65.7 Å². The van der Waals surface area contributed by atoms with E-state index in [1.54, 1.807) is 37.5 Å². The highest BCUT2D eigenvalue weighted by atomic mass is 17.3. The Hall–Kier alpha value is -3.24. The second-order valence-electron chi connectivity index (χ2n) is 12.2. The first kappa shape index (κ1) is 28.9. The third kappa shape index (κ3) is 5.35. The third-order valence-electron chi connectivity index (χ3n) is 9.49. The number of carbonyl (C=O) groups excluding carboxylic acids is 2. The van der Waals surface area contributed by atoms with Gasteiger partial charge in [0, 0.05) is 23.8 Å². The predicted molar refractivity (Wildman–Crippen MR) is 153 cm³/mol. The Bertz CT molecular complexity index is 1340. The van der Waals surface area contributed by atoms with Crippen LogP contribution in [0, 0.1) is 23.7 Å². The molecular weight excluding hydrogens is 538 g/mol. The van der Waals surface area contributed by atoms with E-state index in [1.165, 1.54) is 6.08 Å². The molecule has 1 saturated carbocycles. The smallest absolute Gasteiger partial charge is 0.259 e. The van der Waals surface area contributed by atoms with Gasteiger partial charge in [-0.1, -0.05) is 32.1 Å². The summed E-state index contributed by atoms with van der Waals surface area (Å²) in [4.78, 5) is 37.6. The molecule has 9 nitrogen and oxygen atoms in total. The highest BCUT2D eigenvalue weighted by Gasteiger charge is 2.69. The Balaban J connectivity index is 1.05. The molecule has 4 saturated heterocycles. The van der Waals surface area contributed by atoms with Gasteiger partial charge in [-0.3, -0.25) is 9.59 Å². The van der Waals surface area contributed by atoms with Crippen LogP contribution in [0.2, 0.25) is 0 Å². The molecule has 1 spiro atoms. The van der Waals surface area contributed by atoms with Crippen molar-refractivity contribution in [2.45, 2.75) is 70.4 Å². The minimum absolute atomic E-state index is 0.00909. The fraction of sp³-hybridized carbons (Fsp3) is 0.515. The van der Waals surface area contributed by atoms with E-state index in [0.717, 1.165) is 37.0 Å². The molecule has 5 fully saturated rings. The van der Waals surface area contributed by atoms with Crippen molar-refractivity contribution in [3.8, 4) is 11.5 Å². The van der Waals surface area contributed by atoms with Gasteiger partial charge in [-0.2, -0.15) is 0 Å². The number of benzene rings is 2. The molecule has 0 unspecified atom stereocenters. The zero-order valence-corrected chi connectivity index (χ0v) is 24.5. The molecule has 9 heteroatoms. The minimum Gasteiger partial charge on any atom is -0.497 e. The molecule has 1 amide bonds. The summed E-state index contributed by atoms with van der Waals surface area (Å²) in [5, 5.41) is 3.01. The van der Waals surface area contributed by atoms with Crippen LogP contribution in [0.25, 0.3) is 6.08 Å². The van der Waals surface area contributed by atoms with Crippen molar-refractivity contribution in [3.63, 3.8) is 0 Å². The van der Waals surface area contributed by atoms with E-state index in [-0.39, 0.29) is 36.1 Å². The summed E-state index contributed by atoms with van der Waals surface area (Å²) in [7, 11) is 1.60. The first-order valence-corrected chi connectivity index (χ1v) is 14.8. The SMILES string of the molecule is COc1cccc(/C=C\C(=O)c2ccc(OCC(=O)N[C@@H]3O[C@@H]4O[C@]5(C)CC[C@H]6[C@H](C)CC[C@@H]([C@H]3C)[C@@]46OO5)cc2)c1. The number of amides is 1. The van der Waals surface area contributed by atoms with Crippen LogP contribution >= 0.6 is 0 Å². The molecule has 1 aliphatic carbocycles. The number of methoxy groups -OCH3 is 1. The second kappa shape index (κ2) is 11.4. The van der Waals surface area contributed by atoms with Gasteiger partial charge in [0.05, 0.1) is 7.11 Å². The number of fused-ring (bicyclic) bond motifs is 2. The highest BCUT2D eigenvalue weighted by molar-refractivity contribution is 6.06. The Morgan fingerprint density at radius 3 is 2.62 bits per heavy atom. The maximum Gasteiger partial charge on any atom is 0.259 e. The molecule has 5 aliphatic rings. The van der Waals surface area contributed by atoms with Crippen LogP contribution in [0.3, 0.4) is 0 Å². The lowest BCUT2D eigenvalue weighted by Crippen LogP contribution is -2.72. The van der Waals surface area contributed by atoms with Crippen LogP contribution in [0.5, 0.6) is 11.5 Å². The molecular formula is C33H39NO8. The maximum atomic E-state index is 13.0. The number of ether oxygens (including phenoxy) is 4. The Morgan fingerprint density at radius 2 is 1.83 bits per heavy atom. The van der Waals surface area contributed by atoms with Crippen molar-refractivity contribution in [1.82, 2.24) is 5.32 Å². The molecule has 1 N–H and O–H groups in total. The maximum absolute atomic E-state index is 13.0. The number of hydrogen-bond donors (Lipinski definition) is 1. The fourth-order valence-electron chi connectivity index (χ4n) is 7.15. The quantitative estimate of drug-likeness (QED) is 0.257. The van der Waals surface area contributed by atoms with E-state index in [0.29, 0.717) is 17.2 Å². The predicted octanol–water partition coefficient (Wildman–Crippen LogP) is 5.29. The molecule has 42 heavy (non-hydrogen) atoms. The fourth-order valence-corrected chi connectivity index (χ4v) is 7.15. The summed E-state index contributed by atoms with van der Waals surface area (Å²) in [5.74, 6) is 0.754. The van der Waals surface area contributed by atoms with Crippen LogP contribution in [0.15, 0.2) is 54.6 Å². The van der Waals surface area contributed by atoms with E-state index in [2.05, 4.69) is 19.2 Å².